The lowest BCUT2D eigenvalue weighted by molar-refractivity contribution is -0.910. The molecule has 12 nitrogen and oxygen atoms in total. The number of phosphoric acid groups is 1. The van der Waals surface area contributed by atoms with E-state index >= 15 is 0 Å². The van der Waals surface area contributed by atoms with Crippen LogP contribution < -0.4 is 19.3 Å². The number of esters is 2. The predicted octanol–water partition coefficient (Wildman–Crippen LogP) is 7.27. The third-order valence-corrected chi connectivity index (χ3v) is 10.9. The largest absolute Gasteiger partial charge is 0.790 e. The molecule has 0 spiro atoms. The summed E-state index contributed by atoms with van der Waals surface area (Å²) in [6.07, 6.45) is 1.95. The summed E-state index contributed by atoms with van der Waals surface area (Å²) in [4.78, 5) is 50.6. The first-order chi connectivity index (χ1) is 27.9. The van der Waals surface area contributed by atoms with Crippen LogP contribution in [-0.4, -0.2) is 91.4 Å². The Balaban J connectivity index is 0.000000234. The lowest BCUT2D eigenvalue weighted by Gasteiger charge is -2.35. The van der Waals surface area contributed by atoms with Crippen LogP contribution in [0.2, 0.25) is 0 Å². The molecule has 0 saturated carbocycles. The third-order valence-electron chi connectivity index (χ3n) is 10.9. The van der Waals surface area contributed by atoms with Gasteiger partial charge in [-0.15, -0.1) is 0 Å². The SMILES string of the molecule is CCC[N+](C)(CC)CC(C)OC(=O)C1c2ccccc2Oc2ccccc21.CCC[N+](C)(CC)CC(C)OC(=O)C1c2ccccc2Oc2ccccc21.O=P([O-])([O-])O. The maximum atomic E-state index is 13.2. The van der Waals surface area contributed by atoms with Gasteiger partial charge in [-0.2, -0.15) is 0 Å². The first-order valence-corrected chi connectivity index (χ1v) is 22.0. The van der Waals surface area contributed by atoms with Gasteiger partial charge in [-0.05, 0) is 64.8 Å². The highest BCUT2D eigenvalue weighted by molar-refractivity contribution is 7.42. The molecule has 0 aliphatic carbocycles. The normalized spacial score (nSPS) is 16.1. The van der Waals surface area contributed by atoms with Gasteiger partial charge in [-0.1, -0.05) is 86.6 Å². The van der Waals surface area contributed by atoms with Crippen LogP contribution in [0.1, 0.15) is 88.5 Å². The maximum Gasteiger partial charge on any atom is 0.318 e. The third kappa shape index (κ3) is 13.2. The molecule has 0 fully saturated rings. The van der Waals surface area contributed by atoms with E-state index in [0.29, 0.717) is 0 Å². The summed E-state index contributed by atoms with van der Waals surface area (Å²) in [5, 5.41) is 0. The number of para-hydroxylation sites is 4. The first kappa shape index (κ1) is 47.1. The number of likely N-dealkylation sites (N-methyl/N-ethyl adjacent to an activating group) is 2. The van der Waals surface area contributed by atoms with Crippen molar-refractivity contribution in [3.63, 3.8) is 0 Å². The minimum Gasteiger partial charge on any atom is -0.790 e. The Hall–Kier alpha value is -4.55. The molecule has 0 bridgehead atoms. The molecule has 4 unspecified atom stereocenters. The first-order valence-electron chi connectivity index (χ1n) is 20.5. The number of carbonyl (C=O) groups excluding carboxylic acids is 2. The maximum absolute atomic E-state index is 13.2. The van der Waals surface area contributed by atoms with Gasteiger partial charge in [0.05, 0.1) is 48.1 Å². The topological polar surface area (TPSA) is 154 Å². The lowest BCUT2D eigenvalue weighted by atomic mass is 9.88. The van der Waals surface area contributed by atoms with Gasteiger partial charge >= 0.3 is 11.9 Å². The average molecular weight is 833 g/mol. The monoisotopic (exact) mass is 832 g/mol. The number of rotatable bonds is 14. The second kappa shape index (κ2) is 21.1. The minimum atomic E-state index is -5.14. The van der Waals surface area contributed by atoms with E-state index in [4.69, 9.17) is 38.2 Å². The zero-order valence-corrected chi connectivity index (χ0v) is 36.6. The van der Waals surface area contributed by atoms with Crippen LogP contribution in [0.3, 0.4) is 0 Å². The van der Waals surface area contributed by atoms with E-state index in [1.54, 1.807) is 0 Å². The Labute approximate surface area is 349 Å². The summed E-state index contributed by atoms with van der Waals surface area (Å²) in [6, 6.07) is 30.9. The van der Waals surface area contributed by atoms with Crippen molar-refractivity contribution in [2.75, 3.05) is 53.4 Å². The molecule has 4 aromatic rings. The van der Waals surface area contributed by atoms with Gasteiger partial charge in [0, 0.05) is 22.3 Å². The molecule has 2 aliphatic rings. The van der Waals surface area contributed by atoms with E-state index in [9.17, 15) is 9.59 Å². The van der Waals surface area contributed by atoms with Crippen LogP contribution in [0.4, 0.5) is 0 Å². The van der Waals surface area contributed by atoms with Crippen molar-refractivity contribution >= 4 is 19.8 Å². The molecule has 0 aromatic heterocycles. The van der Waals surface area contributed by atoms with Crippen molar-refractivity contribution in [3.8, 4) is 23.0 Å². The summed E-state index contributed by atoms with van der Waals surface area (Å²) in [6.45, 7) is 18.6. The van der Waals surface area contributed by atoms with Crippen LogP contribution in [0, 0.1) is 0 Å². The molecule has 0 amide bonds. The molecule has 2 aliphatic heterocycles. The fourth-order valence-electron chi connectivity index (χ4n) is 8.01. The number of hydrogen-bond acceptors (Lipinski definition) is 9. The number of fused-ring (bicyclic) bond motifs is 4. The van der Waals surface area contributed by atoms with Crippen LogP contribution in [-0.2, 0) is 23.6 Å². The van der Waals surface area contributed by atoms with Crippen LogP contribution in [0.25, 0.3) is 0 Å². The summed E-state index contributed by atoms with van der Waals surface area (Å²) < 4.78 is 34.3. The van der Waals surface area contributed by atoms with Crippen molar-refractivity contribution in [1.29, 1.82) is 0 Å². The van der Waals surface area contributed by atoms with E-state index in [-0.39, 0.29) is 24.1 Å². The van der Waals surface area contributed by atoms with Crippen molar-refractivity contribution in [1.82, 2.24) is 0 Å². The Bertz CT molecular complexity index is 1820. The van der Waals surface area contributed by atoms with Gasteiger partial charge in [0.15, 0.2) is 0 Å². The highest BCUT2D eigenvalue weighted by Crippen LogP contribution is 2.46. The second-order valence-electron chi connectivity index (χ2n) is 15.9. The molecule has 4 atom stereocenters. The standard InChI is InChI=1S/2C23H30NO3.H3O4P/c2*1-5-15-24(4,6-2)16-17(3)26-23(25)22-18-11-7-9-13-20(18)27-21-14-10-8-12-19(21)22;1-5(2,3)4/h2*7-14,17,22H,5-6,15-16H2,1-4H3;(H3,1,2,3,4)/q2*+1;/p-2. The van der Waals surface area contributed by atoms with Crippen molar-refractivity contribution < 1.29 is 56.7 Å². The summed E-state index contributed by atoms with van der Waals surface area (Å²) in [5.41, 5.74) is 3.48. The molecule has 0 saturated heterocycles. The quantitative estimate of drug-likeness (QED) is 0.0780. The van der Waals surface area contributed by atoms with Crippen molar-refractivity contribution in [2.45, 2.75) is 78.4 Å². The summed E-state index contributed by atoms with van der Waals surface area (Å²) in [5.74, 6) is 1.61. The highest BCUT2D eigenvalue weighted by Gasteiger charge is 2.37. The number of benzene rings is 4. The van der Waals surface area contributed by atoms with Gasteiger partial charge in [-0.25, -0.2) is 0 Å². The van der Waals surface area contributed by atoms with Gasteiger partial charge in [0.1, 0.15) is 60.1 Å². The zero-order chi connectivity index (χ0) is 43.4. The number of nitrogens with zero attached hydrogens (tertiary/aromatic N) is 2. The smallest absolute Gasteiger partial charge is 0.318 e. The molecule has 0 radical (unpaired) electrons. The van der Waals surface area contributed by atoms with E-state index in [2.05, 4.69) is 41.8 Å². The van der Waals surface area contributed by atoms with E-state index in [1.165, 1.54) is 0 Å². The Morgan fingerprint density at radius 3 is 1.10 bits per heavy atom. The molecule has 13 heteroatoms. The Morgan fingerprint density at radius 2 is 0.864 bits per heavy atom. The van der Waals surface area contributed by atoms with Crippen LogP contribution >= 0.6 is 7.82 Å². The Morgan fingerprint density at radius 1 is 0.610 bits per heavy atom. The second-order valence-corrected chi connectivity index (χ2v) is 16.8. The predicted molar refractivity (Wildman–Crippen MR) is 224 cm³/mol. The van der Waals surface area contributed by atoms with Gasteiger partial charge < -0.3 is 47.2 Å². The van der Waals surface area contributed by atoms with E-state index < -0.39 is 19.7 Å². The molecule has 59 heavy (non-hydrogen) atoms. The molecule has 2 heterocycles. The van der Waals surface area contributed by atoms with Crippen LogP contribution in [0.15, 0.2) is 97.1 Å². The van der Waals surface area contributed by atoms with Gasteiger partial charge in [0.2, 0.25) is 0 Å². The minimum absolute atomic E-state index is 0.142. The lowest BCUT2D eigenvalue weighted by Crippen LogP contribution is -2.49. The molecule has 1 N–H and O–H groups in total. The van der Waals surface area contributed by atoms with Gasteiger partial charge in [-0.3, -0.25) is 9.59 Å². The Kier molecular flexibility index (Phi) is 16.9. The van der Waals surface area contributed by atoms with Gasteiger partial charge in [0.25, 0.3) is 0 Å². The summed E-state index contributed by atoms with van der Waals surface area (Å²) in [7, 11) is -0.681. The highest BCUT2D eigenvalue weighted by atomic mass is 31.2. The molecule has 4 aromatic carbocycles. The molecule has 320 valence electrons. The molecular weight excluding hydrogens is 771 g/mol. The fraction of sp³-hybridized carbons (Fsp3) is 0.435. The van der Waals surface area contributed by atoms with Crippen LogP contribution in [0.5, 0.6) is 23.0 Å². The van der Waals surface area contributed by atoms with E-state index in [1.807, 2.05) is 111 Å². The van der Waals surface area contributed by atoms with Crippen molar-refractivity contribution in [2.24, 2.45) is 0 Å². The molecular formula is C46H61N2O10P. The number of quaternary nitrogens is 2. The van der Waals surface area contributed by atoms with Crippen molar-refractivity contribution in [3.05, 3.63) is 119 Å². The number of carbonyl (C=O) groups is 2. The van der Waals surface area contributed by atoms with E-state index in [0.717, 1.165) is 106 Å². The number of hydrogen-bond donors (Lipinski definition) is 1. The average Bonchev–Trinajstić information content (AvgIpc) is 3.18. The number of ether oxygens (including phenoxy) is 4. The molecule has 6 rings (SSSR count). The fourth-order valence-corrected chi connectivity index (χ4v) is 8.01. The summed E-state index contributed by atoms with van der Waals surface area (Å²) >= 11 is 0. The zero-order valence-electron chi connectivity index (χ0n) is 35.7.